The molecule has 0 atom stereocenters. The number of rotatable bonds is 5. The molecule has 2 rings (SSSR count). The number of nitrogens with one attached hydrogen (secondary N) is 1. The summed E-state index contributed by atoms with van der Waals surface area (Å²) in [6, 6.07) is 6.80. The number of carbonyl (C=O) groups excluding carboxylic acids is 1. The number of nitrogens with zero attached hydrogens (tertiary/aromatic N) is 2. The molecule has 6 nitrogen and oxygen atoms in total. The lowest BCUT2D eigenvalue weighted by molar-refractivity contribution is -0.116. The fraction of sp³-hybridized carbons (Fsp3) is 0.267. The van der Waals surface area contributed by atoms with E-state index in [0.717, 1.165) is 11.3 Å². The Morgan fingerprint density at radius 3 is 2.95 bits per heavy atom. The second-order valence-electron chi connectivity index (χ2n) is 4.78. The average Bonchev–Trinajstić information content (AvgIpc) is 2.46. The van der Waals surface area contributed by atoms with Gasteiger partial charge in [0.25, 0.3) is 5.56 Å². The maximum Gasteiger partial charge on any atom is 0.253 e. The van der Waals surface area contributed by atoms with Crippen molar-refractivity contribution in [3.63, 3.8) is 0 Å². The summed E-state index contributed by atoms with van der Waals surface area (Å²) >= 11 is 0. The molecule has 21 heavy (non-hydrogen) atoms. The normalized spacial score (nSPS) is 10.3. The maximum absolute atomic E-state index is 11.9. The number of nitrogen functional groups attached to an aromatic ring is 1. The molecule has 2 aromatic rings. The summed E-state index contributed by atoms with van der Waals surface area (Å²) in [7, 11) is 0. The first-order chi connectivity index (χ1) is 10.1. The molecule has 0 radical (unpaired) electrons. The number of benzene rings is 1. The number of carbonyl (C=O) groups is 1. The molecule has 3 N–H and O–H groups in total. The molecular formula is C15H18N4O2. The molecule has 0 saturated heterocycles. The number of amides is 1. The number of anilines is 2. The third kappa shape index (κ3) is 3.92. The minimum atomic E-state index is -0.114. The van der Waals surface area contributed by atoms with Gasteiger partial charge < -0.3 is 11.1 Å². The van der Waals surface area contributed by atoms with Crippen LogP contribution in [0.5, 0.6) is 0 Å². The van der Waals surface area contributed by atoms with Gasteiger partial charge in [-0.1, -0.05) is 6.07 Å². The summed E-state index contributed by atoms with van der Waals surface area (Å²) in [5.74, 6) is -0.0966. The van der Waals surface area contributed by atoms with Crippen LogP contribution in [0.25, 0.3) is 0 Å². The molecule has 1 amide bonds. The van der Waals surface area contributed by atoms with Crippen LogP contribution in [0.3, 0.4) is 0 Å². The Labute approximate surface area is 122 Å². The number of aromatic nitrogens is 2. The third-order valence-electron chi connectivity index (χ3n) is 3.24. The summed E-state index contributed by atoms with van der Waals surface area (Å²) in [4.78, 5) is 27.3. The smallest absolute Gasteiger partial charge is 0.253 e. The zero-order valence-corrected chi connectivity index (χ0v) is 11.9. The molecule has 0 aliphatic carbocycles. The minimum absolute atomic E-state index is 0.0966. The predicted molar refractivity (Wildman–Crippen MR) is 82.0 cm³/mol. The Bertz CT molecular complexity index is 694. The summed E-state index contributed by atoms with van der Waals surface area (Å²) in [5, 5.41) is 2.83. The number of hydrogen-bond donors (Lipinski definition) is 2. The van der Waals surface area contributed by atoms with E-state index in [1.165, 1.54) is 23.2 Å². The lowest BCUT2D eigenvalue weighted by Gasteiger charge is -2.10. The van der Waals surface area contributed by atoms with E-state index in [0.29, 0.717) is 25.1 Å². The van der Waals surface area contributed by atoms with E-state index < -0.39 is 0 Å². The van der Waals surface area contributed by atoms with Crippen LogP contribution in [-0.2, 0) is 11.3 Å². The molecule has 0 spiro atoms. The van der Waals surface area contributed by atoms with Crippen molar-refractivity contribution in [3.05, 3.63) is 52.7 Å². The van der Waals surface area contributed by atoms with Crippen molar-refractivity contribution in [3.8, 4) is 0 Å². The largest absolute Gasteiger partial charge is 0.398 e. The Morgan fingerprint density at radius 2 is 2.19 bits per heavy atom. The molecule has 0 fully saturated rings. The molecule has 1 aromatic heterocycles. The van der Waals surface area contributed by atoms with E-state index >= 15 is 0 Å². The van der Waals surface area contributed by atoms with Gasteiger partial charge in [0.1, 0.15) is 0 Å². The van der Waals surface area contributed by atoms with Crippen molar-refractivity contribution in [1.82, 2.24) is 9.55 Å². The summed E-state index contributed by atoms with van der Waals surface area (Å²) in [6.07, 6.45) is 3.82. The maximum atomic E-state index is 11.9. The highest BCUT2D eigenvalue weighted by Gasteiger charge is 2.06. The van der Waals surface area contributed by atoms with E-state index in [2.05, 4.69) is 10.3 Å². The van der Waals surface area contributed by atoms with Crippen LogP contribution in [0.2, 0.25) is 0 Å². The van der Waals surface area contributed by atoms with Crippen LogP contribution in [0.15, 0.2) is 41.6 Å². The van der Waals surface area contributed by atoms with Crippen molar-refractivity contribution in [2.45, 2.75) is 26.3 Å². The zero-order valence-electron chi connectivity index (χ0n) is 11.9. The van der Waals surface area contributed by atoms with Crippen LogP contribution < -0.4 is 16.6 Å². The number of hydrogen-bond acceptors (Lipinski definition) is 4. The molecule has 110 valence electrons. The van der Waals surface area contributed by atoms with Gasteiger partial charge in [0.15, 0.2) is 0 Å². The van der Waals surface area contributed by atoms with Gasteiger partial charge in [-0.2, -0.15) is 0 Å². The van der Waals surface area contributed by atoms with Gasteiger partial charge in [-0.25, -0.2) is 4.98 Å². The second kappa shape index (κ2) is 6.69. The van der Waals surface area contributed by atoms with Gasteiger partial charge in [0.05, 0.1) is 6.33 Å². The molecule has 0 unspecified atom stereocenters. The van der Waals surface area contributed by atoms with Gasteiger partial charge in [0.2, 0.25) is 5.91 Å². The molecule has 0 aliphatic rings. The van der Waals surface area contributed by atoms with Crippen molar-refractivity contribution < 1.29 is 4.79 Å². The second-order valence-corrected chi connectivity index (χ2v) is 4.78. The van der Waals surface area contributed by atoms with Gasteiger partial charge in [-0.15, -0.1) is 0 Å². The first-order valence-corrected chi connectivity index (χ1v) is 6.73. The fourth-order valence-electron chi connectivity index (χ4n) is 1.96. The fourth-order valence-corrected chi connectivity index (χ4v) is 1.96. The van der Waals surface area contributed by atoms with Crippen LogP contribution in [0, 0.1) is 6.92 Å². The van der Waals surface area contributed by atoms with Gasteiger partial charge in [0, 0.05) is 36.6 Å². The van der Waals surface area contributed by atoms with Gasteiger partial charge >= 0.3 is 0 Å². The summed E-state index contributed by atoms with van der Waals surface area (Å²) in [6.45, 7) is 2.33. The minimum Gasteiger partial charge on any atom is -0.398 e. The van der Waals surface area contributed by atoms with Crippen LogP contribution in [0.1, 0.15) is 18.4 Å². The molecule has 0 aliphatic heterocycles. The Balaban J connectivity index is 1.87. The molecule has 1 heterocycles. The predicted octanol–water partition coefficient (Wildman–Crippen LogP) is 1.55. The zero-order chi connectivity index (χ0) is 15.2. The molecular weight excluding hydrogens is 268 g/mol. The molecule has 1 aromatic carbocycles. The first kappa shape index (κ1) is 14.8. The average molecular weight is 286 g/mol. The highest BCUT2D eigenvalue weighted by Crippen LogP contribution is 2.20. The highest BCUT2D eigenvalue weighted by molar-refractivity contribution is 5.92. The van der Waals surface area contributed by atoms with Crippen LogP contribution in [-0.4, -0.2) is 15.5 Å². The van der Waals surface area contributed by atoms with Crippen molar-refractivity contribution in [2.75, 3.05) is 11.1 Å². The SMILES string of the molecule is Cc1c(N)cccc1NC(=O)CCCn1cnccc1=O. The van der Waals surface area contributed by atoms with E-state index in [4.69, 9.17) is 5.73 Å². The summed E-state index contributed by atoms with van der Waals surface area (Å²) in [5.41, 5.74) is 7.90. The number of nitrogens with two attached hydrogens (primary N) is 1. The van der Waals surface area contributed by atoms with E-state index in [-0.39, 0.29) is 11.5 Å². The number of aryl methyl sites for hydroxylation is 1. The Morgan fingerprint density at radius 1 is 1.38 bits per heavy atom. The van der Waals surface area contributed by atoms with Gasteiger partial charge in [-0.05, 0) is 31.0 Å². The highest BCUT2D eigenvalue weighted by atomic mass is 16.1. The molecule has 6 heteroatoms. The Hall–Kier alpha value is -2.63. The lowest BCUT2D eigenvalue weighted by atomic mass is 10.1. The third-order valence-corrected chi connectivity index (χ3v) is 3.24. The standard InChI is InChI=1S/C15H18N4O2/c1-11-12(16)4-2-5-13(11)18-14(20)6-3-9-19-10-17-8-7-15(19)21/h2,4-5,7-8,10H,3,6,9,16H2,1H3,(H,18,20). The van der Waals surface area contributed by atoms with Crippen molar-refractivity contribution in [1.29, 1.82) is 0 Å². The van der Waals surface area contributed by atoms with Gasteiger partial charge in [-0.3, -0.25) is 14.2 Å². The molecule has 0 bridgehead atoms. The van der Waals surface area contributed by atoms with E-state index in [9.17, 15) is 9.59 Å². The monoisotopic (exact) mass is 286 g/mol. The van der Waals surface area contributed by atoms with Crippen molar-refractivity contribution in [2.24, 2.45) is 0 Å². The lowest BCUT2D eigenvalue weighted by Crippen LogP contribution is -2.20. The van der Waals surface area contributed by atoms with Crippen molar-refractivity contribution >= 4 is 17.3 Å². The molecule has 0 saturated carbocycles. The topological polar surface area (TPSA) is 90.0 Å². The Kier molecular flexibility index (Phi) is 4.71. The van der Waals surface area contributed by atoms with Crippen LogP contribution >= 0.6 is 0 Å². The van der Waals surface area contributed by atoms with E-state index in [1.807, 2.05) is 13.0 Å². The summed E-state index contributed by atoms with van der Waals surface area (Å²) < 4.78 is 1.49. The van der Waals surface area contributed by atoms with E-state index in [1.54, 1.807) is 12.1 Å². The first-order valence-electron chi connectivity index (χ1n) is 6.73. The quantitative estimate of drug-likeness (QED) is 0.816. The van der Waals surface area contributed by atoms with Crippen LogP contribution in [0.4, 0.5) is 11.4 Å².